The van der Waals surface area contributed by atoms with Gasteiger partial charge in [-0.05, 0) is 56.1 Å². The first-order valence-corrected chi connectivity index (χ1v) is 6.09. The van der Waals surface area contributed by atoms with Crippen molar-refractivity contribution >= 4 is 49.5 Å². The third kappa shape index (κ3) is 1.94. The molecule has 7 heteroatoms. The van der Waals surface area contributed by atoms with E-state index in [9.17, 15) is 9.59 Å². The number of nitrogens with zero attached hydrogens (tertiary/aromatic N) is 2. The summed E-state index contributed by atoms with van der Waals surface area (Å²) in [6, 6.07) is 7.77. The Labute approximate surface area is 114 Å². The molecule has 5 nitrogen and oxygen atoms in total. The predicted octanol–water partition coefficient (Wildman–Crippen LogP) is 2.06. The summed E-state index contributed by atoms with van der Waals surface area (Å²) in [7, 11) is 0. The fourth-order valence-corrected chi connectivity index (χ4v) is 2.35. The van der Waals surface area contributed by atoms with Crippen molar-refractivity contribution in [1.82, 2.24) is 5.32 Å². The van der Waals surface area contributed by atoms with Gasteiger partial charge in [0.2, 0.25) is 3.36 Å². The van der Waals surface area contributed by atoms with E-state index in [1.807, 2.05) is 6.07 Å². The number of urea groups is 1. The summed E-state index contributed by atoms with van der Waals surface area (Å²) in [5.74, 6) is -0.494. The van der Waals surface area contributed by atoms with Gasteiger partial charge in [0.05, 0.1) is 11.6 Å². The smallest absolute Gasteiger partial charge is 0.274 e. The molecule has 2 rings (SSSR count). The molecule has 0 aromatic heterocycles. The Morgan fingerprint density at radius 2 is 1.82 bits per heavy atom. The maximum atomic E-state index is 11.6. The summed E-state index contributed by atoms with van der Waals surface area (Å²) in [5, 5.41) is 10.8. The van der Waals surface area contributed by atoms with Gasteiger partial charge in [-0.1, -0.05) is 0 Å². The number of carbonyl (C=O) groups excluding carboxylic acids is 2. The van der Waals surface area contributed by atoms with Crippen molar-refractivity contribution in [3.63, 3.8) is 0 Å². The van der Waals surface area contributed by atoms with E-state index >= 15 is 0 Å². The fraction of sp³-hybridized carbons (Fsp3) is 0.100. The van der Waals surface area contributed by atoms with Gasteiger partial charge in [-0.25, -0.2) is 4.79 Å². The number of halogens is 2. The number of carbonyl (C=O) groups is 2. The Morgan fingerprint density at radius 1 is 1.24 bits per heavy atom. The number of imide groups is 1. The van der Waals surface area contributed by atoms with Crippen LogP contribution in [0.3, 0.4) is 0 Å². The zero-order valence-electron chi connectivity index (χ0n) is 8.28. The molecule has 1 aliphatic rings. The van der Waals surface area contributed by atoms with E-state index < -0.39 is 15.3 Å². The highest BCUT2D eigenvalue weighted by atomic mass is 79.9. The molecular formula is C10H5Br2N3O2. The lowest BCUT2D eigenvalue weighted by Gasteiger charge is -2.24. The van der Waals surface area contributed by atoms with E-state index in [1.165, 1.54) is 4.90 Å². The van der Waals surface area contributed by atoms with Gasteiger partial charge in [-0.15, -0.1) is 0 Å². The lowest BCUT2D eigenvalue weighted by molar-refractivity contribution is -0.118. The minimum Gasteiger partial charge on any atom is -0.274 e. The van der Waals surface area contributed by atoms with Crippen molar-refractivity contribution in [1.29, 1.82) is 5.26 Å². The average molecular weight is 359 g/mol. The molecule has 1 fully saturated rings. The Balaban J connectivity index is 2.42. The number of nitrogens with one attached hydrogen (secondary N) is 1. The zero-order chi connectivity index (χ0) is 12.6. The van der Waals surface area contributed by atoms with Crippen LogP contribution >= 0.6 is 31.9 Å². The van der Waals surface area contributed by atoms with Crippen LogP contribution in [0.2, 0.25) is 0 Å². The first kappa shape index (κ1) is 12.1. The molecule has 0 unspecified atom stereocenters. The van der Waals surface area contributed by atoms with Crippen LogP contribution in [0.15, 0.2) is 24.3 Å². The van der Waals surface area contributed by atoms with Crippen molar-refractivity contribution < 1.29 is 9.59 Å². The van der Waals surface area contributed by atoms with E-state index in [0.29, 0.717) is 11.3 Å². The number of hydrogen-bond donors (Lipinski definition) is 1. The quantitative estimate of drug-likeness (QED) is 0.474. The first-order valence-electron chi connectivity index (χ1n) is 4.50. The molecule has 0 atom stereocenters. The van der Waals surface area contributed by atoms with Crippen LogP contribution in [0.5, 0.6) is 0 Å². The lowest BCUT2D eigenvalue weighted by Crippen LogP contribution is -2.38. The molecule has 1 aromatic rings. The Morgan fingerprint density at radius 3 is 2.24 bits per heavy atom. The van der Waals surface area contributed by atoms with Crippen LogP contribution in [-0.2, 0) is 4.79 Å². The van der Waals surface area contributed by atoms with Gasteiger partial charge in [-0.3, -0.25) is 15.0 Å². The molecule has 0 aliphatic carbocycles. The highest BCUT2D eigenvalue weighted by molar-refractivity contribution is 9.26. The second kappa shape index (κ2) is 4.13. The number of rotatable bonds is 1. The molecule has 86 valence electrons. The summed E-state index contributed by atoms with van der Waals surface area (Å²) in [6.45, 7) is 0. The van der Waals surface area contributed by atoms with Crippen molar-refractivity contribution in [2.24, 2.45) is 0 Å². The highest BCUT2D eigenvalue weighted by Crippen LogP contribution is 2.38. The van der Waals surface area contributed by atoms with Crippen molar-refractivity contribution in [3.8, 4) is 6.07 Å². The second-order valence-corrected chi connectivity index (χ2v) is 6.65. The van der Waals surface area contributed by atoms with E-state index in [1.54, 1.807) is 24.3 Å². The summed E-state index contributed by atoms with van der Waals surface area (Å²) in [6.07, 6.45) is 0. The first-order chi connectivity index (χ1) is 7.96. The topological polar surface area (TPSA) is 73.2 Å². The molecule has 0 radical (unpaired) electrons. The number of hydrogen-bond acceptors (Lipinski definition) is 3. The van der Waals surface area contributed by atoms with Crippen LogP contribution < -0.4 is 10.2 Å². The summed E-state index contributed by atoms with van der Waals surface area (Å²) in [5.41, 5.74) is 0.982. The SMILES string of the molecule is N#Cc1ccc(N2C(=O)NC(=O)C2(Br)Br)cc1. The molecule has 17 heavy (non-hydrogen) atoms. The zero-order valence-corrected chi connectivity index (χ0v) is 11.4. The van der Waals surface area contributed by atoms with Gasteiger partial charge in [0.25, 0.3) is 5.91 Å². The van der Waals surface area contributed by atoms with Gasteiger partial charge >= 0.3 is 6.03 Å². The van der Waals surface area contributed by atoms with Gasteiger partial charge < -0.3 is 0 Å². The molecule has 1 saturated heterocycles. The van der Waals surface area contributed by atoms with Crippen molar-refractivity contribution in [2.75, 3.05) is 4.90 Å². The van der Waals surface area contributed by atoms with Gasteiger partial charge in [0, 0.05) is 5.69 Å². The molecule has 0 spiro atoms. The van der Waals surface area contributed by atoms with Crippen LogP contribution in [0, 0.1) is 11.3 Å². The summed E-state index contributed by atoms with van der Waals surface area (Å²) < 4.78 is -1.29. The van der Waals surface area contributed by atoms with Gasteiger partial charge in [0.1, 0.15) is 0 Å². The molecule has 1 heterocycles. The molecular weight excluding hydrogens is 354 g/mol. The number of anilines is 1. The van der Waals surface area contributed by atoms with Crippen LogP contribution in [0.25, 0.3) is 0 Å². The maximum absolute atomic E-state index is 11.6. The van der Waals surface area contributed by atoms with E-state index in [-0.39, 0.29) is 0 Å². The molecule has 1 aromatic carbocycles. The molecule has 0 saturated carbocycles. The van der Waals surface area contributed by atoms with Gasteiger partial charge in [0.15, 0.2) is 0 Å². The molecule has 3 amide bonds. The van der Waals surface area contributed by atoms with Crippen LogP contribution in [0.1, 0.15) is 5.56 Å². The Bertz CT molecular complexity index is 533. The van der Waals surface area contributed by atoms with Gasteiger partial charge in [-0.2, -0.15) is 5.26 Å². The third-order valence-electron chi connectivity index (χ3n) is 2.23. The number of alkyl halides is 2. The standard InChI is InChI=1S/C10H5Br2N3O2/c11-10(12)8(16)14-9(17)15(10)7-3-1-6(5-13)2-4-7/h1-4H,(H,14,16,17). The van der Waals surface area contributed by atoms with Crippen LogP contribution in [-0.4, -0.2) is 15.3 Å². The largest absolute Gasteiger partial charge is 0.330 e. The normalized spacial score (nSPS) is 17.8. The molecule has 0 bridgehead atoms. The van der Waals surface area contributed by atoms with Crippen LogP contribution in [0.4, 0.5) is 10.5 Å². The van der Waals surface area contributed by atoms with E-state index in [0.717, 1.165) is 0 Å². The van der Waals surface area contributed by atoms with Crippen molar-refractivity contribution in [3.05, 3.63) is 29.8 Å². The monoisotopic (exact) mass is 357 g/mol. The van der Waals surface area contributed by atoms with E-state index in [2.05, 4.69) is 37.2 Å². The highest BCUT2D eigenvalue weighted by Gasteiger charge is 2.50. The fourth-order valence-electron chi connectivity index (χ4n) is 1.42. The second-order valence-electron chi connectivity index (χ2n) is 3.29. The Hall–Kier alpha value is -1.39. The number of benzene rings is 1. The van der Waals surface area contributed by atoms with Crippen molar-refractivity contribution in [2.45, 2.75) is 3.36 Å². The Kier molecular flexibility index (Phi) is 2.93. The molecule has 1 aliphatic heterocycles. The summed E-state index contributed by atoms with van der Waals surface area (Å²) >= 11 is 6.26. The average Bonchev–Trinajstić information content (AvgIpc) is 2.49. The summed E-state index contributed by atoms with van der Waals surface area (Å²) in [4.78, 5) is 24.3. The third-order valence-corrected chi connectivity index (χ3v) is 3.66. The maximum Gasteiger partial charge on any atom is 0.330 e. The van der Waals surface area contributed by atoms with E-state index in [4.69, 9.17) is 5.26 Å². The number of nitriles is 1. The molecule has 1 N–H and O–H groups in total. The minimum absolute atomic E-state index is 0.481. The predicted molar refractivity (Wildman–Crippen MR) is 67.8 cm³/mol. The minimum atomic E-state index is -1.29. The number of amides is 3. The lowest BCUT2D eigenvalue weighted by atomic mass is 10.2.